The van der Waals surface area contributed by atoms with Gasteiger partial charge in [0.25, 0.3) is 6.01 Å². The van der Waals surface area contributed by atoms with Gasteiger partial charge in [-0.3, -0.25) is 0 Å². The highest BCUT2D eigenvalue weighted by atomic mass is 16.5. The van der Waals surface area contributed by atoms with E-state index in [1.54, 1.807) is 6.26 Å². The lowest BCUT2D eigenvalue weighted by Crippen LogP contribution is -2.24. The van der Waals surface area contributed by atoms with Crippen LogP contribution in [0.3, 0.4) is 0 Å². The molecule has 0 atom stereocenters. The summed E-state index contributed by atoms with van der Waals surface area (Å²) in [6.07, 6.45) is 1.96. The van der Waals surface area contributed by atoms with E-state index in [0.717, 1.165) is 18.8 Å². The van der Waals surface area contributed by atoms with Gasteiger partial charge in [0.05, 0.1) is 18.4 Å². The minimum Gasteiger partial charge on any atom is -0.432 e. The zero-order valence-electron chi connectivity index (χ0n) is 12.1. The molecule has 0 aromatic carbocycles. The fraction of sp³-hybridized carbons (Fsp3) is 0.769. The number of hydrogen-bond acceptors (Lipinski definition) is 5. The maximum Gasteiger partial charge on any atom is 0.297 e. The summed E-state index contributed by atoms with van der Waals surface area (Å²) < 4.78 is 10.9. The summed E-state index contributed by atoms with van der Waals surface area (Å²) in [7, 11) is 1.95. The Kier molecular flexibility index (Phi) is 6.15. The summed E-state index contributed by atoms with van der Waals surface area (Å²) >= 11 is 0. The molecule has 104 valence electrons. The topological polar surface area (TPSA) is 50.5 Å². The molecule has 1 aromatic heterocycles. The van der Waals surface area contributed by atoms with Crippen LogP contribution in [0.4, 0.5) is 6.01 Å². The van der Waals surface area contributed by atoms with E-state index in [4.69, 9.17) is 9.15 Å². The molecule has 5 heteroatoms. The van der Waals surface area contributed by atoms with Crippen LogP contribution in [0, 0.1) is 0 Å². The molecule has 0 saturated heterocycles. The van der Waals surface area contributed by atoms with Crippen molar-refractivity contribution in [1.82, 2.24) is 10.3 Å². The van der Waals surface area contributed by atoms with Gasteiger partial charge in [0.15, 0.2) is 0 Å². The third-order valence-corrected chi connectivity index (χ3v) is 2.44. The van der Waals surface area contributed by atoms with Gasteiger partial charge < -0.3 is 19.4 Å². The van der Waals surface area contributed by atoms with E-state index >= 15 is 0 Å². The van der Waals surface area contributed by atoms with Crippen molar-refractivity contribution < 1.29 is 9.15 Å². The lowest BCUT2D eigenvalue weighted by molar-refractivity contribution is 0.0841. The zero-order valence-corrected chi connectivity index (χ0v) is 12.1. The number of nitrogens with one attached hydrogen (secondary N) is 1. The van der Waals surface area contributed by atoms with Crippen molar-refractivity contribution in [3.8, 4) is 0 Å². The first-order chi connectivity index (χ1) is 8.49. The molecule has 0 amide bonds. The monoisotopic (exact) mass is 255 g/mol. The standard InChI is InChI=1S/C13H25N3O2/c1-10(2)14-8-12-9-18-13(15-12)16(5)6-7-17-11(3)4/h9-11,14H,6-8H2,1-5H3. The van der Waals surface area contributed by atoms with Gasteiger partial charge >= 0.3 is 0 Å². The molecule has 0 aliphatic carbocycles. The van der Waals surface area contributed by atoms with Crippen LogP contribution in [-0.4, -0.2) is 37.3 Å². The average Bonchev–Trinajstić information content (AvgIpc) is 2.74. The maximum absolute atomic E-state index is 5.50. The molecule has 0 unspecified atom stereocenters. The van der Waals surface area contributed by atoms with Gasteiger partial charge in [-0.25, -0.2) is 0 Å². The number of anilines is 1. The van der Waals surface area contributed by atoms with Crippen molar-refractivity contribution in [1.29, 1.82) is 0 Å². The summed E-state index contributed by atoms with van der Waals surface area (Å²) in [5, 5.41) is 3.31. The highest BCUT2D eigenvalue weighted by Gasteiger charge is 2.09. The molecule has 0 aliphatic heterocycles. The predicted octanol–water partition coefficient (Wildman–Crippen LogP) is 2.03. The Balaban J connectivity index is 2.36. The first-order valence-corrected chi connectivity index (χ1v) is 6.49. The third kappa shape index (κ3) is 5.51. The fourth-order valence-electron chi connectivity index (χ4n) is 1.38. The first-order valence-electron chi connectivity index (χ1n) is 6.49. The van der Waals surface area contributed by atoms with Crippen LogP contribution in [0.25, 0.3) is 0 Å². The van der Waals surface area contributed by atoms with E-state index in [2.05, 4.69) is 24.1 Å². The zero-order chi connectivity index (χ0) is 13.5. The second-order valence-electron chi connectivity index (χ2n) is 5.00. The van der Waals surface area contributed by atoms with Gasteiger partial charge in [-0.2, -0.15) is 4.98 Å². The van der Waals surface area contributed by atoms with E-state index in [1.165, 1.54) is 0 Å². The number of oxazole rings is 1. The summed E-state index contributed by atoms with van der Waals surface area (Å²) in [5.41, 5.74) is 0.926. The molecule has 0 spiro atoms. The molecule has 1 aromatic rings. The summed E-state index contributed by atoms with van der Waals surface area (Å²) in [5.74, 6) is 0. The van der Waals surface area contributed by atoms with Crippen LogP contribution < -0.4 is 10.2 Å². The van der Waals surface area contributed by atoms with Crippen molar-refractivity contribution in [2.45, 2.75) is 46.4 Å². The molecule has 0 saturated carbocycles. The van der Waals surface area contributed by atoms with Gasteiger partial charge in [0.1, 0.15) is 6.26 Å². The van der Waals surface area contributed by atoms with Crippen LogP contribution in [0.15, 0.2) is 10.7 Å². The Labute approximate surface area is 110 Å². The maximum atomic E-state index is 5.50. The Morgan fingerprint density at radius 2 is 2.11 bits per heavy atom. The number of aromatic nitrogens is 1. The molecule has 0 bridgehead atoms. The lowest BCUT2D eigenvalue weighted by Gasteiger charge is -2.15. The summed E-state index contributed by atoms with van der Waals surface area (Å²) in [6, 6.07) is 1.09. The van der Waals surface area contributed by atoms with Crippen molar-refractivity contribution in [2.75, 3.05) is 25.1 Å². The summed E-state index contributed by atoms with van der Waals surface area (Å²) in [6.45, 7) is 10.5. The Bertz CT molecular complexity index is 337. The number of nitrogens with zero attached hydrogens (tertiary/aromatic N) is 2. The van der Waals surface area contributed by atoms with Gasteiger partial charge in [-0.05, 0) is 13.8 Å². The molecule has 0 aliphatic rings. The minimum absolute atomic E-state index is 0.258. The smallest absolute Gasteiger partial charge is 0.297 e. The highest BCUT2D eigenvalue weighted by molar-refractivity contribution is 5.25. The Morgan fingerprint density at radius 3 is 2.72 bits per heavy atom. The first kappa shape index (κ1) is 15.0. The van der Waals surface area contributed by atoms with E-state index in [9.17, 15) is 0 Å². The summed E-state index contributed by atoms with van der Waals surface area (Å²) in [4.78, 5) is 6.38. The molecule has 18 heavy (non-hydrogen) atoms. The second kappa shape index (κ2) is 7.38. The van der Waals surface area contributed by atoms with E-state index < -0.39 is 0 Å². The molecule has 0 fully saturated rings. The second-order valence-corrected chi connectivity index (χ2v) is 5.00. The predicted molar refractivity (Wildman–Crippen MR) is 72.8 cm³/mol. The van der Waals surface area contributed by atoms with Gasteiger partial charge in [-0.15, -0.1) is 0 Å². The van der Waals surface area contributed by atoms with Crippen LogP contribution in [0.1, 0.15) is 33.4 Å². The van der Waals surface area contributed by atoms with Gasteiger partial charge in [-0.1, -0.05) is 13.8 Å². The number of rotatable bonds is 8. The van der Waals surface area contributed by atoms with Crippen molar-refractivity contribution in [2.24, 2.45) is 0 Å². The largest absolute Gasteiger partial charge is 0.432 e. The molecule has 0 radical (unpaired) electrons. The number of likely N-dealkylation sites (N-methyl/N-ethyl adjacent to an activating group) is 1. The van der Waals surface area contributed by atoms with Crippen LogP contribution in [0.2, 0.25) is 0 Å². The molecule has 5 nitrogen and oxygen atoms in total. The Morgan fingerprint density at radius 1 is 1.39 bits per heavy atom. The molecule has 1 N–H and O–H groups in total. The third-order valence-electron chi connectivity index (χ3n) is 2.44. The number of ether oxygens (including phenoxy) is 1. The van der Waals surface area contributed by atoms with E-state index in [1.807, 2.05) is 25.8 Å². The average molecular weight is 255 g/mol. The van der Waals surface area contributed by atoms with Crippen LogP contribution in [0.5, 0.6) is 0 Å². The van der Waals surface area contributed by atoms with E-state index in [-0.39, 0.29) is 6.10 Å². The number of hydrogen-bond donors (Lipinski definition) is 1. The highest BCUT2D eigenvalue weighted by Crippen LogP contribution is 2.11. The quantitative estimate of drug-likeness (QED) is 0.770. The van der Waals surface area contributed by atoms with Crippen molar-refractivity contribution in [3.63, 3.8) is 0 Å². The van der Waals surface area contributed by atoms with E-state index in [0.29, 0.717) is 18.7 Å². The molecular formula is C13H25N3O2. The Hall–Kier alpha value is -1.07. The van der Waals surface area contributed by atoms with Crippen LogP contribution >= 0.6 is 0 Å². The lowest BCUT2D eigenvalue weighted by atomic mass is 10.4. The molecular weight excluding hydrogens is 230 g/mol. The van der Waals surface area contributed by atoms with Crippen molar-refractivity contribution in [3.05, 3.63) is 12.0 Å². The molecule has 1 heterocycles. The normalized spacial score (nSPS) is 11.5. The van der Waals surface area contributed by atoms with Crippen LogP contribution in [-0.2, 0) is 11.3 Å². The van der Waals surface area contributed by atoms with Gasteiger partial charge in [0.2, 0.25) is 0 Å². The fourth-order valence-corrected chi connectivity index (χ4v) is 1.38. The SMILES string of the molecule is CC(C)NCc1coc(N(C)CCOC(C)C)n1. The van der Waals surface area contributed by atoms with Gasteiger partial charge in [0, 0.05) is 26.2 Å². The minimum atomic E-state index is 0.258. The van der Waals surface area contributed by atoms with Crippen molar-refractivity contribution >= 4 is 6.01 Å². The molecule has 1 rings (SSSR count).